The van der Waals surface area contributed by atoms with Crippen LogP contribution in [0.5, 0.6) is 5.75 Å². The highest BCUT2D eigenvalue weighted by Gasteiger charge is 2.23. The Hall–Kier alpha value is -1.58. The third kappa shape index (κ3) is 4.35. The minimum absolute atomic E-state index is 0.329. The predicted octanol–water partition coefficient (Wildman–Crippen LogP) is 3.24. The molecule has 0 N–H and O–H groups in total. The minimum atomic E-state index is -0.728. The fourth-order valence-electron chi connectivity index (χ4n) is 1.37. The maximum Gasteiger partial charge on any atom is 0.347 e. The zero-order valence-electron chi connectivity index (χ0n) is 11.4. The molecular weight excluding hydrogens is 235 g/mol. The summed E-state index contributed by atoms with van der Waals surface area (Å²) < 4.78 is 23.6. The van der Waals surface area contributed by atoms with Crippen LogP contribution in [-0.2, 0) is 9.53 Å². The summed E-state index contributed by atoms with van der Waals surface area (Å²) in [6.07, 6.45) is -0.728. The summed E-state index contributed by atoms with van der Waals surface area (Å²) in [7, 11) is 0. The zero-order valence-corrected chi connectivity index (χ0v) is 11.4. The molecular formula is C14H19FO3. The number of hydrogen-bond donors (Lipinski definition) is 0. The van der Waals surface area contributed by atoms with Crippen molar-refractivity contribution in [1.29, 1.82) is 0 Å². The van der Waals surface area contributed by atoms with Crippen molar-refractivity contribution in [1.82, 2.24) is 0 Å². The lowest BCUT2D eigenvalue weighted by Gasteiger charge is -2.23. The normalized spacial score (nSPS) is 13.0. The van der Waals surface area contributed by atoms with Crippen LogP contribution in [0.2, 0.25) is 0 Å². The average Bonchev–Trinajstić information content (AvgIpc) is 2.19. The number of halogens is 1. The molecule has 18 heavy (non-hydrogen) atoms. The maximum absolute atomic E-state index is 12.9. The lowest BCUT2D eigenvalue weighted by molar-refractivity contribution is -0.162. The van der Waals surface area contributed by atoms with Gasteiger partial charge in [-0.2, -0.15) is 0 Å². The van der Waals surface area contributed by atoms with Crippen LogP contribution >= 0.6 is 0 Å². The van der Waals surface area contributed by atoms with Gasteiger partial charge in [0.2, 0.25) is 0 Å². The van der Waals surface area contributed by atoms with Crippen LogP contribution in [-0.4, -0.2) is 17.7 Å². The molecule has 0 aliphatic heterocycles. The van der Waals surface area contributed by atoms with Crippen LogP contribution in [0.15, 0.2) is 18.2 Å². The SMILES string of the molecule is Cc1cc(F)ccc1OC(C)C(=O)OC(C)(C)C. The molecule has 0 aliphatic carbocycles. The topological polar surface area (TPSA) is 35.5 Å². The molecule has 0 radical (unpaired) electrons. The van der Waals surface area contributed by atoms with E-state index in [2.05, 4.69) is 0 Å². The number of hydrogen-bond acceptors (Lipinski definition) is 3. The summed E-state index contributed by atoms with van der Waals surface area (Å²) in [6.45, 7) is 8.71. The van der Waals surface area contributed by atoms with E-state index >= 15 is 0 Å². The summed E-state index contributed by atoms with van der Waals surface area (Å²) in [4.78, 5) is 11.7. The fourth-order valence-corrected chi connectivity index (χ4v) is 1.37. The number of aryl methyl sites for hydroxylation is 1. The van der Waals surface area contributed by atoms with Gasteiger partial charge in [0.05, 0.1) is 0 Å². The molecule has 0 heterocycles. The van der Waals surface area contributed by atoms with Gasteiger partial charge in [0.25, 0.3) is 0 Å². The summed E-state index contributed by atoms with van der Waals surface area (Å²) in [5.74, 6) is -0.286. The Bertz CT molecular complexity index is 435. The van der Waals surface area contributed by atoms with Crippen molar-refractivity contribution in [3.8, 4) is 5.75 Å². The van der Waals surface area contributed by atoms with Crippen molar-refractivity contribution in [3.05, 3.63) is 29.6 Å². The smallest absolute Gasteiger partial charge is 0.347 e. The molecule has 1 rings (SSSR count). The third-order valence-corrected chi connectivity index (χ3v) is 2.18. The summed E-state index contributed by atoms with van der Waals surface area (Å²) in [5, 5.41) is 0. The van der Waals surface area contributed by atoms with E-state index < -0.39 is 17.7 Å². The Kier molecular flexibility index (Phi) is 4.33. The van der Waals surface area contributed by atoms with Gasteiger partial charge in [-0.15, -0.1) is 0 Å². The van der Waals surface area contributed by atoms with Crippen molar-refractivity contribution < 1.29 is 18.7 Å². The van der Waals surface area contributed by atoms with Crippen LogP contribution in [0.3, 0.4) is 0 Å². The highest BCUT2D eigenvalue weighted by atomic mass is 19.1. The van der Waals surface area contributed by atoms with Gasteiger partial charge < -0.3 is 9.47 Å². The zero-order chi connectivity index (χ0) is 13.9. The molecule has 1 aromatic carbocycles. The molecule has 0 amide bonds. The third-order valence-electron chi connectivity index (χ3n) is 2.18. The maximum atomic E-state index is 12.9. The molecule has 100 valence electrons. The second-order valence-electron chi connectivity index (χ2n) is 5.20. The molecule has 3 nitrogen and oxygen atoms in total. The molecule has 0 fully saturated rings. The van der Waals surface area contributed by atoms with E-state index in [9.17, 15) is 9.18 Å². The Labute approximate surface area is 107 Å². The molecule has 0 saturated carbocycles. The van der Waals surface area contributed by atoms with Crippen molar-refractivity contribution in [2.45, 2.75) is 46.3 Å². The van der Waals surface area contributed by atoms with E-state index in [-0.39, 0.29) is 5.82 Å². The van der Waals surface area contributed by atoms with Gasteiger partial charge >= 0.3 is 5.97 Å². The first-order valence-electron chi connectivity index (χ1n) is 5.85. The second-order valence-corrected chi connectivity index (χ2v) is 5.20. The van der Waals surface area contributed by atoms with Crippen molar-refractivity contribution in [2.75, 3.05) is 0 Å². The molecule has 1 atom stereocenters. The predicted molar refractivity (Wildman–Crippen MR) is 67.1 cm³/mol. The Morgan fingerprint density at radius 1 is 1.33 bits per heavy atom. The highest BCUT2D eigenvalue weighted by molar-refractivity contribution is 5.75. The van der Waals surface area contributed by atoms with Crippen LogP contribution in [0.1, 0.15) is 33.3 Å². The van der Waals surface area contributed by atoms with E-state index in [1.165, 1.54) is 18.2 Å². The van der Waals surface area contributed by atoms with Crippen molar-refractivity contribution in [3.63, 3.8) is 0 Å². The van der Waals surface area contributed by atoms with Crippen LogP contribution in [0.4, 0.5) is 4.39 Å². The Morgan fingerprint density at radius 3 is 2.44 bits per heavy atom. The van der Waals surface area contributed by atoms with Gasteiger partial charge in [-0.05, 0) is 58.4 Å². The van der Waals surface area contributed by atoms with Gasteiger partial charge in [0.15, 0.2) is 6.10 Å². The standard InChI is InChI=1S/C14H19FO3/c1-9-8-11(15)6-7-12(9)17-10(2)13(16)18-14(3,4)5/h6-8,10H,1-5H3. The number of carbonyl (C=O) groups is 1. The van der Waals surface area contributed by atoms with Crippen LogP contribution < -0.4 is 4.74 Å². The van der Waals surface area contributed by atoms with Gasteiger partial charge in [0.1, 0.15) is 17.2 Å². The monoisotopic (exact) mass is 254 g/mol. The number of rotatable bonds is 3. The second kappa shape index (κ2) is 5.38. The summed E-state index contributed by atoms with van der Waals surface area (Å²) in [6, 6.07) is 4.16. The number of ether oxygens (including phenoxy) is 2. The first-order valence-corrected chi connectivity index (χ1v) is 5.85. The number of esters is 1. The Morgan fingerprint density at radius 2 is 1.94 bits per heavy atom. The first kappa shape index (κ1) is 14.5. The number of benzene rings is 1. The lowest BCUT2D eigenvalue weighted by Crippen LogP contribution is -2.33. The molecule has 0 saturated heterocycles. The first-order chi connectivity index (χ1) is 8.19. The van der Waals surface area contributed by atoms with Crippen molar-refractivity contribution >= 4 is 5.97 Å². The molecule has 0 aromatic heterocycles. The van der Waals surface area contributed by atoms with Crippen LogP contribution in [0, 0.1) is 12.7 Å². The lowest BCUT2D eigenvalue weighted by atomic mass is 10.2. The summed E-state index contributed by atoms with van der Waals surface area (Å²) in [5.41, 5.74) is 0.0948. The van der Waals surface area contributed by atoms with Crippen LogP contribution in [0.25, 0.3) is 0 Å². The minimum Gasteiger partial charge on any atom is -0.479 e. The van der Waals surface area contributed by atoms with Gasteiger partial charge in [0, 0.05) is 0 Å². The molecule has 0 bridgehead atoms. The quantitative estimate of drug-likeness (QED) is 0.777. The molecule has 1 aromatic rings. The van der Waals surface area contributed by atoms with E-state index in [4.69, 9.17) is 9.47 Å². The van der Waals surface area contributed by atoms with E-state index in [0.717, 1.165) is 0 Å². The molecule has 1 unspecified atom stereocenters. The molecule has 0 spiro atoms. The van der Waals surface area contributed by atoms with E-state index in [0.29, 0.717) is 11.3 Å². The fraction of sp³-hybridized carbons (Fsp3) is 0.500. The largest absolute Gasteiger partial charge is 0.479 e. The van der Waals surface area contributed by atoms with E-state index in [1.807, 2.05) is 0 Å². The number of carbonyl (C=O) groups excluding carboxylic acids is 1. The average molecular weight is 254 g/mol. The summed E-state index contributed by atoms with van der Waals surface area (Å²) >= 11 is 0. The van der Waals surface area contributed by atoms with Gasteiger partial charge in [-0.1, -0.05) is 0 Å². The Balaban J connectivity index is 2.69. The van der Waals surface area contributed by atoms with Gasteiger partial charge in [-0.25, -0.2) is 9.18 Å². The van der Waals surface area contributed by atoms with Gasteiger partial charge in [-0.3, -0.25) is 0 Å². The molecule has 4 heteroatoms. The van der Waals surface area contributed by atoms with E-state index in [1.54, 1.807) is 34.6 Å². The highest BCUT2D eigenvalue weighted by Crippen LogP contribution is 2.20. The van der Waals surface area contributed by atoms with Crippen molar-refractivity contribution in [2.24, 2.45) is 0 Å². The molecule has 0 aliphatic rings.